The molecule has 1 atom stereocenters. The molecule has 2 heterocycles. The number of aliphatic hydroxyl groups excluding tert-OH is 1. The van der Waals surface area contributed by atoms with Crippen molar-refractivity contribution in [1.29, 1.82) is 0 Å². The lowest BCUT2D eigenvalue weighted by Crippen LogP contribution is -2.21. The van der Waals surface area contributed by atoms with Gasteiger partial charge in [-0.2, -0.15) is 0 Å². The minimum Gasteiger partial charge on any atom is -0.396 e. The molecule has 0 fully saturated rings. The Labute approximate surface area is 140 Å². The van der Waals surface area contributed by atoms with E-state index in [9.17, 15) is 9.50 Å². The number of para-hydroxylation sites is 1. The summed E-state index contributed by atoms with van der Waals surface area (Å²) in [5.41, 5.74) is 2.89. The summed E-state index contributed by atoms with van der Waals surface area (Å²) in [5.74, 6) is -0.302. The van der Waals surface area contributed by atoms with Crippen LogP contribution in [0.4, 0.5) is 10.1 Å². The third-order valence-electron chi connectivity index (χ3n) is 3.98. The highest BCUT2D eigenvalue weighted by atomic mass is 19.1. The van der Waals surface area contributed by atoms with Gasteiger partial charge in [0.05, 0.1) is 0 Å². The van der Waals surface area contributed by atoms with Crippen molar-refractivity contribution in [2.45, 2.75) is 13.3 Å². The predicted molar refractivity (Wildman–Crippen MR) is 93.4 cm³/mol. The van der Waals surface area contributed by atoms with Crippen molar-refractivity contribution in [3.8, 4) is 0 Å². The molecule has 0 saturated carbocycles. The number of nitrogens with zero attached hydrogens (tertiary/aromatic N) is 2. The largest absolute Gasteiger partial charge is 0.396 e. The van der Waals surface area contributed by atoms with Crippen LogP contribution < -0.4 is 5.32 Å². The van der Waals surface area contributed by atoms with Gasteiger partial charge >= 0.3 is 0 Å². The Balaban J connectivity index is 1.78. The second-order valence-corrected chi connectivity index (χ2v) is 5.90. The number of aliphatic hydroxyl groups is 1. The van der Waals surface area contributed by atoms with Crippen LogP contribution in [0.5, 0.6) is 0 Å². The fourth-order valence-corrected chi connectivity index (χ4v) is 2.76. The molecule has 4 nitrogen and oxygen atoms in total. The summed E-state index contributed by atoms with van der Waals surface area (Å²) in [7, 11) is 0. The van der Waals surface area contributed by atoms with Crippen LogP contribution in [0.3, 0.4) is 0 Å². The van der Waals surface area contributed by atoms with Crippen LogP contribution in [0.15, 0.2) is 48.7 Å². The first kappa shape index (κ1) is 16.3. The number of benzene rings is 1. The van der Waals surface area contributed by atoms with Crippen LogP contribution in [0.25, 0.3) is 10.9 Å². The Kier molecular flexibility index (Phi) is 5.01. The second-order valence-electron chi connectivity index (χ2n) is 5.90. The SMILES string of the molecule is Cc1cc(NCC(CO)Cc2ccccn2)c2cccc(F)c2n1. The monoisotopic (exact) mass is 325 g/mol. The molecule has 1 unspecified atom stereocenters. The number of pyridine rings is 2. The number of hydrogen-bond acceptors (Lipinski definition) is 4. The van der Waals surface area contributed by atoms with E-state index in [1.165, 1.54) is 6.07 Å². The van der Waals surface area contributed by atoms with Crippen LogP contribution >= 0.6 is 0 Å². The standard InChI is InChI=1S/C19H20FN3O/c1-13-9-18(16-6-4-7-17(20)19(16)23-13)22-11-14(12-24)10-15-5-2-3-8-21-15/h2-9,14,24H,10-12H2,1H3,(H,22,23). The van der Waals surface area contributed by atoms with Gasteiger partial charge in [-0.25, -0.2) is 9.37 Å². The first-order valence-electron chi connectivity index (χ1n) is 7.98. The number of aryl methyl sites for hydroxylation is 1. The van der Waals surface area contributed by atoms with Crippen LogP contribution in [0.2, 0.25) is 0 Å². The van der Waals surface area contributed by atoms with Crippen LogP contribution in [0.1, 0.15) is 11.4 Å². The van der Waals surface area contributed by atoms with E-state index in [4.69, 9.17) is 0 Å². The van der Waals surface area contributed by atoms with Gasteiger partial charge in [0.25, 0.3) is 0 Å². The zero-order valence-electron chi connectivity index (χ0n) is 13.5. The lowest BCUT2D eigenvalue weighted by atomic mass is 10.0. The summed E-state index contributed by atoms with van der Waals surface area (Å²) in [6.07, 6.45) is 2.43. The molecule has 0 radical (unpaired) electrons. The Morgan fingerprint density at radius 1 is 1.21 bits per heavy atom. The van der Waals surface area contributed by atoms with E-state index in [0.29, 0.717) is 18.5 Å². The highest BCUT2D eigenvalue weighted by molar-refractivity contribution is 5.91. The Morgan fingerprint density at radius 2 is 2.08 bits per heavy atom. The minimum absolute atomic E-state index is 0.0250. The highest BCUT2D eigenvalue weighted by Crippen LogP contribution is 2.25. The van der Waals surface area contributed by atoms with Crippen molar-refractivity contribution < 1.29 is 9.50 Å². The van der Waals surface area contributed by atoms with E-state index in [1.54, 1.807) is 12.3 Å². The molecule has 0 aliphatic carbocycles. The second kappa shape index (κ2) is 7.36. The molecule has 0 spiro atoms. The molecular weight excluding hydrogens is 305 g/mol. The quantitative estimate of drug-likeness (QED) is 0.730. The molecule has 2 N–H and O–H groups in total. The van der Waals surface area contributed by atoms with Crippen molar-refractivity contribution in [3.05, 3.63) is 65.9 Å². The summed E-state index contributed by atoms with van der Waals surface area (Å²) in [4.78, 5) is 8.58. The van der Waals surface area contributed by atoms with Gasteiger partial charge in [0.1, 0.15) is 11.3 Å². The van der Waals surface area contributed by atoms with Gasteiger partial charge in [-0.1, -0.05) is 18.2 Å². The maximum atomic E-state index is 14.0. The van der Waals surface area contributed by atoms with E-state index < -0.39 is 0 Å². The summed E-state index contributed by atoms with van der Waals surface area (Å²) in [6, 6.07) is 12.6. The number of rotatable bonds is 6. The van der Waals surface area contributed by atoms with Crippen LogP contribution in [-0.2, 0) is 6.42 Å². The number of anilines is 1. The fraction of sp³-hybridized carbons (Fsp3) is 0.263. The van der Waals surface area contributed by atoms with Gasteiger partial charge in [-0.3, -0.25) is 4.98 Å². The molecule has 5 heteroatoms. The molecule has 0 amide bonds. The lowest BCUT2D eigenvalue weighted by molar-refractivity contribution is 0.232. The number of hydrogen-bond donors (Lipinski definition) is 2. The Morgan fingerprint density at radius 3 is 2.83 bits per heavy atom. The molecule has 0 saturated heterocycles. The van der Waals surface area contributed by atoms with Crippen LogP contribution in [-0.4, -0.2) is 28.2 Å². The Bertz CT molecular complexity index is 823. The minimum atomic E-state index is -0.327. The number of halogens is 1. The molecular formula is C19H20FN3O. The summed E-state index contributed by atoms with van der Waals surface area (Å²) in [6.45, 7) is 2.47. The van der Waals surface area contributed by atoms with E-state index in [2.05, 4.69) is 15.3 Å². The predicted octanol–water partition coefficient (Wildman–Crippen LogP) is 3.34. The third-order valence-corrected chi connectivity index (χ3v) is 3.98. The topological polar surface area (TPSA) is 58.0 Å². The zero-order chi connectivity index (χ0) is 16.9. The molecule has 3 aromatic rings. The fourth-order valence-electron chi connectivity index (χ4n) is 2.76. The number of aromatic nitrogens is 2. The van der Waals surface area contributed by atoms with Crippen molar-refractivity contribution in [1.82, 2.24) is 9.97 Å². The number of fused-ring (bicyclic) bond motifs is 1. The maximum absolute atomic E-state index is 14.0. The number of nitrogens with one attached hydrogen (secondary N) is 1. The van der Waals surface area contributed by atoms with E-state index in [0.717, 1.165) is 22.5 Å². The zero-order valence-corrected chi connectivity index (χ0v) is 13.5. The molecule has 0 aliphatic heterocycles. The molecule has 2 aromatic heterocycles. The summed E-state index contributed by atoms with van der Waals surface area (Å²) < 4.78 is 14.0. The lowest BCUT2D eigenvalue weighted by Gasteiger charge is -2.17. The normalized spacial score (nSPS) is 12.3. The Hall–Kier alpha value is -2.53. The smallest absolute Gasteiger partial charge is 0.149 e. The molecule has 24 heavy (non-hydrogen) atoms. The van der Waals surface area contributed by atoms with Crippen molar-refractivity contribution in [2.75, 3.05) is 18.5 Å². The van der Waals surface area contributed by atoms with Crippen LogP contribution in [0, 0.1) is 18.7 Å². The van der Waals surface area contributed by atoms with Gasteiger partial charge < -0.3 is 10.4 Å². The van der Waals surface area contributed by atoms with E-state index in [-0.39, 0.29) is 18.3 Å². The molecule has 0 bridgehead atoms. The van der Waals surface area contributed by atoms with Gasteiger partial charge in [-0.15, -0.1) is 0 Å². The van der Waals surface area contributed by atoms with Gasteiger partial charge in [0.2, 0.25) is 0 Å². The van der Waals surface area contributed by atoms with E-state index >= 15 is 0 Å². The third kappa shape index (κ3) is 3.68. The average molecular weight is 325 g/mol. The maximum Gasteiger partial charge on any atom is 0.149 e. The first-order valence-corrected chi connectivity index (χ1v) is 7.98. The summed E-state index contributed by atoms with van der Waals surface area (Å²) in [5, 5.41) is 13.7. The molecule has 1 aromatic carbocycles. The average Bonchev–Trinajstić information content (AvgIpc) is 2.60. The van der Waals surface area contributed by atoms with E-state index in [1.807, 2.05) is 37.3 Å². The summed E-state index contributed by atoms with van der Waals surface area (Å²) >= 11 is 0. The highest BCUT2D eigenvalue weighted by Gasteiger charge is 2.12. The molecule has 3 rings (SSSR count). The van der Waals surface area contributed by atoms with Gasteiger partial charge in [-0.05, 0) is 37.6 Å². The van der Waals surface area contributed by atoms with Crippen molar-refractivity contribution in [3.63, 3.8) is 0 Å². The van der Waals surface area contributed by atoms with Gasteiger partial charge in [0.15, 0.2) is 0 Å². The van der Waals surface area contributed by atoms with Gasteiger partial charge in [0, 0.05) is 47.7 Å². The molecule has 124 valence electrons. The first-order chi connectivity index (χ1) is 11.7. The van der Waals surface area contributed by atoms with Crippen molar-refractivity contribution >= 4 is 16.6 Å². The van der Waals surface area contributed by atoms with Crippen molar-refractivity contribution in [2.24, 2.45) is 5.92 Å². The molecule has 0 aliphatic rings.